The summed E-state index contributed by atoms with van der Waals surface area (Å²) in [5, 5.41) is 4.13. The van der Waals surface area contributed by atoms with E-state index in [1.54, 1.807) is 30.1 Å². The Kier molecular flexibility index (Phi) is 4.01. The standard InChI is InChI=1S/C19H17F2N3/c1-11-5-16(20)19(17(21)6-11)18-7-15(12(2)8-22-18)13(3)14-9-23-24(4)10-14/h5-10H,3H2,1-2,4H3. The highest BCUT2D eigenvalue weighted by atomic mass is 19.1. The van der Waals surface area contributed by atoms with Crippen LogP contribution < -0.4 is 0 Å². The molecule has 0 amide bonds. The number of rotatable bonds is 3. The van der Waals surface area contributed by atoms with Crippen molar-refractivity contribution >= 4 is 5.57 Å². The predicted octanol–water partition coefficient (Wildman–Crippen LogP) is 4.44. The predicted molar refractivity (Wildman–Crippen MR) is 90.4 cm³/mol. The van der Waals surface area contributed by atoms with Crippen molar-refractivity contribution in [2.75, 3.05) is 0 Å². The number of aryl methyl sites for hydroxylation is 3. The Balaban J connectivity index is 2.12. The highest BCUT2D eigenvalue weighted by Crippen LogP contribution is 2.30. The van der Waals surface area contributed by atoms with E-state index in [-0.39, 0.29) is 11.3 Å². The molecule has 3 aromatic rings. The van der Waals surface area contributed by atoms with Gasteiger partial charge < -0.3 is 0 Å². The Labute approximate surface area is 139 Å². The number of pyridine rings is 1. The van der Waals surface area contributed by atoms with E-state index >= 15 is 0 Å². The van der Waals surface area contributed by atoms with Gasteiger partial charge in [-0.05, 0) is 54.3 Å². The third kappa shape index (κ3) is 2.85. The van der Waals surface area contributed by atoms with Crippen LogP contribution in [0.3, 0.4) is 0 Å². The van der Waals surface area contributed by atoms with Crippen molar-refractivity contribution < 1.29 is 8.78 Å². The van der Waals surface area contributed by atoms with E-state index in [9.17, 15) is 8.78 Å². The summed E-state index contributed by atoms with van der Waals surface area (Å²) in [6, 6.07) is 4.27. The van der Waals surface area contributed by atoms with E-state index < -0.39 is 11.6 Å². The minimum atomic E-state index is -0.623. The van der Waals surface area contributed by atoms with Gasteiger partial charge in [0, 0.05) is 25.0 Å². The van der Waals surface area contributed by atoms with Gasteiger partial charge in [0.25, 0.3) is 0 Å². The smallest absolute Gasteiger partial charge is 0.135 e. The largest absolute Gasteiger partial charge is 0.275 e. The first-order valence-corrected chi connectivity index (χ1v) is 7.48. The van der Waals surface area contributed by atoms with E-state index in [2.05, 4.69) is 16.7 Å². The number of benzene rings is 1. The first kappa shape index (κ1) is 16.1. The molecule has 3 nitrogen and oxygen atoms in total. The van der Waals surface area contributed by atoms with Gasteiger partial charge in [-0.1, -0.05) is 6.58 Å². The van der Waals surface area contributed by atoms with E-state index in [4.69, 9.17) is 0 Å². The molecule has 0 N–H and O–H groups in total. The van der Waals surface area contributed by atoms with Crippen LogP contribution in [0.5, 0.6) is 0 Å². The third-order valence-corrected chi connectivity index (χ3v) is 3.92. The van der Waals surface area contributed by atoms with Crippen molar-refractivity contribution in [2.45, 2.75) is 13.8 Å². The van der Waals surface area contributed by atoms with Gasteiger partial charge in [0.05, 0.1) is 17.5 Å². The van der Waals surface area contributed by atoms with Gasteiger partial charge in [-0.25, -0.2) is 8.78 Å². The van der Waals surface area contributed by atoms with Crippen LogP contribution in [0.4, 0.5) is 8.78 Å². The summed E-state index contributed by atoms with van der Waals surface area (Å²) in [5.41, 5.74) is 3.89. The average Bonchev–Trinajstić information content (AvgIpc) is 2.94. The number of hydrogen-bond donors (Lipinski definition) is 0. The molecule has 0 radical (unpaired) electrons. The topological polar surface area (TPSA) is 30.7 Å². The summed E-state index contributed by atoms with van der Waals surface area (Å²) < 4.78 is 30.2. The molecule has 0 aliphatic rings. The minimum Gasteiger partial charge on any atom is -0.275 e. The molecule has 5 heteroatoms. The maximum Gasteiger partial charge on any atom is 0.135 e. The zero-order chi connectivity index (χ0) is 17.4. The quantitative estimate of drug-likeness (QED) is 0.713. The number of aromatic nitrogens is 3. The maximum absolute atomic E-state index is 14.2. The van der Waals surface area contributed by atoms with Crippen LogP contribution in [0.15, 0.2) is 43.4 Å². The summed E-state index contributed by atoms with van der Waals surface area (Å²) in [6.45, 7) is 7.63. The second kappa shape index (κ2) is 6.00. The van der Waals surface area contributed by atoms with Crippen molar-refractivity contribution in [3.63, 3.8) is 0 Å². The SMILES string of the molecule is C=C(c1cnn(C)c1)c1cc(-c2c(F)cc(C)cc2F)ncc1C. The average molecular weight is 325 g/mol. The van der Waals surface area contributed by atoms with Crippen LogP contribution in [0.1, 0.15) is 22.3 Å². The molecule has 0 unspecified atom stereocenters. The van der Waals surface area contributed by atoms with Crippen LogP contribution >= 0.6 is 0 Å². The van der Waals surface area contributed by atoms with Crippen LogP contribution in [-0.4, -0.2) is 14.8 Å². The zero-order valence-corrected chi connectivity index (χ0v) is 13.8. The summed E-state index contributed by atoms with van der Waals surface area (Å²) in [5.74, 6) is -1.25. The lowest BCUT2D eigenvalue weighted by Crippen LogP contribution is -1.98. The molecule has 0 fully saturated rings. The summed E-state index contributed by atoms with van der Waals surface area (Å²) in [4.78, 5) is 4.20. The normalized spacial score (nSPS) is 10.9. The molecule has 122 valence electrons. The Hall–Kier alpha value is -2.82. The van der Waals surface area contributed by atoms with Crippen molar-refractivity contribution in [1.82, 2.24) is 14.8 Å². The lowest BCUT2D eigenvalue weighted by atomic mass is 9.96. The van der Waals surface area contributed by atoms with E-state index in [0.29, 0.717) is 5.56 Å². The van der Waals surface area contributed by atoms with Crippen molar-refractivity contribution in [1.29, 1.82) is 0 Å². The van der Waals surface area contributed by atoms with Crippen LogP contribution in [0.2, 0.25) is 0 Å². The molecule has 0 saturated carbocycles. The highest BCUT2D eigenvalue weighted by molar-refractivity contribution is 5.81. The van der Waals surface area contributed by atoms with Crippen molar-refractivity contribution in [3.05, 3.63) is 77.3 Å². The maximum atomic E-state index is 14.2. The molecule has 2 aromatic heterocycles. The van der Waals surface area contributed by atoms with Crippen LogP contribution in [0.25, 0.3) is 16.8 Å². The molecular formula is C19H17F2N3. The highest BCUT2D eigenvalue weighted by Gasteiger charge is 2.16. The Morgan fingerprint density at radius 3 is 2.33 bits per heavy atom. The van der Waals surface area contributed by atoms with Crippen LogP contribution in [-0.2, 0) is 7.05 Å². The minimum absolute atomic E-state index is 0.124. The summed E-state index contributed by atoms with van der Waals surface area (Å²) in [7, 11) is 1.82. The fourth-order valence-corrected chi connectivity index (χ4v) is 2.66. The fourth-order valence-electron chi connectivity index (χ4n) is 2.66. The Morgan fingerprint density at radius 2 is 1.75 bits per heavy atom. The Bertz CT molecular complexity index is 919. The van der Waals surface area contributed by atoms with Gasteiger partial charge in [-0.15, -0.1) is 0 Å². The number of hydrogen-bond acceptors (Lipinski definition) is 2. The molecular weight excluding hydrogens is 308 g/mol. The molecule has 0 atom stereocenters. The first-order chi connectivity index (χ1) is 11.4. The van der Waals surface area contributed by atoms with Gasteiger partial charge in [0.15, 0.2) is 0 Å². The fraction of sp³-hybridized carbons (Fsp3) is 0.158. The molecule has 0 bridgehead atoms. The van der Waals surface area contributed by atoms with Gasteiger partial charge >= 0.3 is 0 Å². The van der Waals surface area contributed by atoms with Crippen molar-refractivity contribution in [2.24, 2.45) is 7.05 Å². The summed E-state index contributed by atoms with van der Waals surface area (Å²) >= 11 is 0. The molecule has 0 aliphatic carbocycles. The van der Waals surface area contributed by atoms with Gasteiger partial charge in [0.1, 0.15) is 11.6 Å². The summed E-state index contributed by atoms with van der Waals surface area (Å²) in [6.07, 6.45) is 5.15. The lowest BCUT2D eigenvalue weighted by Gasteiger charge is -2.11. The number of halogens is 2. The first-order valence-electron chi connectivity index (χ1n) is 7.48. The molecule has 3 rings (SSSR count). The second-order valence-corrected chi connectivity index (χ2v) is 5.87. The van der Waals surface area contributed by atoms with E-state index in [0.717, 1.165) is 22.3 Å². The Morgan fingerprint density at radius 1 is 1.08 bits per heavy atom. The third-order valence-electron chi connectivity index (χ3n) is 3.92. The molecule has 24 heavy (non-hydrogen) atoms. The second-order valence-electron chi connectivity index (χ2n) is 5.87. The monoisotopic (exact) mass is 325 g/mol. The van der Waals surface area contributed by atoms with Crippen molar-refractivity contribution in [3.8, 4) is 11.3 Å². The van der Waals surface area contributed by atoms with Gasteiger partial charge in [0.2, 0.25) is 0 Å². The molecule has 1 aromatic carbocycles. The zero-order valence-electron chi connectivity index (χ0n) is 13.8. The van der Waals surface area contributed by atoms with Gasteiger partial charge in [-0.3, -0.25) is 9.67 Å². The van der Waals surface area contributed by atoms with E-state index in [1.807, 2.05) is 20.2 Å². The molecule has 0 spiro atoms. The molecule has 2 heterocycles. The van der Waals surface area contributed by atoms with E-state index in [1.165, 1.54) is 12.1 Å². The number of nitrogens with zero attached hydrogens (tertiary/aromatic N) is 3. The molecule has 0 aliphatic heterocycles. The van der Waals surface area contributed by atoms with Gasteiger partial charge in [-0.2, -0.15) is 5.10 Å². The van der Waals surface area contributed by atoms with Crippen LogP contribution in [0, 0.1) is 25.5 Å². The molecule has 0 saturated heterocycles. The lowest BCUT2D eigenvalue weighted by molar-refractivity contribution is 0.586.